The molecule has 0 saturated heterocycles. The third-order valence-corrected chi connectivity index (χ3v) is 11.2. The van der Waals surface area contributed by atoms with E-state index in [0.29, 0.717) is 58.1 Å². The topological polar surface area (TPSA) is 213 Å². The zero-order chi connectivity index (χ0) is 45.8. The second-order valence-electron chi connectivity index (χ2n) is 15.9. The van der Waals surface area contributed by atoms with Crippen LogP contribution in [0.3, 0.4) is 0 Å². The molecule has 0 spiro atoms. The number of aromatic hydroxyl groups is 4. The predicted octanol–water partition coefficient (Wildman–Crippen LogP) is 5.80. The number of ether oxygens (including phenoxy) is 4. The van der Waals surface area contributed by atoms with Crippen molar-refractivity contribution in [3.63, 3.8) is 0 Å². The van der Waals surface area contributed by atoms with Gasteiger partial charge in [-0.05, 0) is 111 Å². The molecule has 19 heteroatoms. The van der Waals surface area contributed by atoms with Gasteiger partial charge < -0.3 is 66.7 Å². The minimum Gasteiger partial charge on any atom is -0.504 e. The van der Waals surface area contributed by atoms with Crippen LogP contribution in [-0.2, 0) is 31.6 Å². The average Bonchev–Trinajstić information content (AvgIpc) is 4.09. The van der Waals surface area contributed by atoms with E-state index in [-0.39, 0.29) is 23.0 Å². The second-order valence-corrected chi connectivity index (χ2v) is 17.1. The molecular formula is C46H48N6O12S. The van der Waals surface area contributed by atoms with Crippen LogP contribution >= 0.6 is 0 Å². The average molecular weight is 909 g/mol. The lowest BCUT2D eigenvalue weighted by Crippen LogP contribution is -2.31. The Balaban J connectivity index is 0.893. The lowest BCUT2D eigenvalue weighted by atomic mass is 10.1. The van der Waals surface area contributed by atoms with E-state index in [1.54, 1.807) is 61.2 Å². The van der Waals surface area contributed by atoms with Crippen LogP contribution in [0.5, 0.6) is 46.0 Å². The molecule has 8 rings (SSSR count). The van der Waals surface area contributed by atoms with Crippen LogP contribution in [0.1, 0.15) is 45.7 Å². The number of hydrogen-bond acceptors (Lipinski definition) is 16. The minimum atomic E-state index is -4.52. The lowest BCUT2D eigenvalue weighted by Gasteiger charge is -2.24. The van der Waals surface area contributed by atoms with Crippen molar-refractivity contribution in [2.24, 2.45) is 0 Å². The molecule has 4 heterocycles. The quantitative estimate of drug-likeness (QED) is 0.0593. The number of imidazole rings is 2. The van der Waals surface area contributed by atoms with E-state index in [0.717, 1.165) is 37.0 Å². The molecule has 2 aliphatic heterocycles. The Morgan fingerprint density at radius 3 is 1.42 bits per heavy atom. The summed E-state index contributed by atoms with van der Waals surface area (Å²) in [4.78, 5) is 13.2. The molecule has 4 aromatic carbocycles. The van der Waals surface area contributed by atoms with Gasteiger partial charge in [0.2, 0.25) is 0 Å². The van der Waals surface area contributed by atoms with Gasteiger partial charge in [0.15, 0.2) is 46.0 Å². The highest BCUT2D eigenvalue weighted by Crippen LogP contribution is 2.43. The van der Waals surface area contributed by atoms with E-state index in [4.69, 9.17) is 27.3 Å². The normalized spacial score (nSPS) is 16.5. The van der Waals surface area contributed by atoms with Crippen LogP contribution in [0.2, 0.25) is 0 Å². The molecule has 0 radical (unpaired) electrons. The summed E-state index contributed by atoms with van der Waals surface area (Å²) in [6.45, 7) is 1.59. The maximum absolute atomic E-state index is 12.7. The Morgan fingerprint density at radius 1 is 0.600 bits per heavy atom. The standard InChI is InChI=1S/C46H48N6O12S/c1-49(2)17-13-33-25-51(27-47-33)43(31-7-9-35(53)37(55)23-31)45-61-39-11-5-29(21-41(39)63-45)15-19-59-65(57,58)60-20-16-30-6-12-40-42(22-30)64-46(62-40)44(32-8-10-36(54)38(56)24-32)52-26-34(48-28-52)14-18-50(3)4/h5-12,15-16,19-28,43-46,53-56H,13-14,17-18H2,1-4H3/b19-15+,20-16+. The SMILES string of the molecule is CN(C)CCc1cn(C(c2ccc(O)c(O)c2)C2Oc3ccc(/C=C/OS(=O)(=O)O/C=C/c4ccc5c(c4)OC(C(c4ccc(O)c(O)c4)n4cnc(CCN(C)C)c4)O5)cc3O2)cn1. The summed E-state index contributed by atoms with van der Waals surface area (Å²) in [5, 5.41) is 40.6. The van der Waals surface area contributed by atoms with Crippen molar-refractivity contribution in [1.82, 2.24) is 28.9 Å². The largest absolute Gasteiger partial charge is 0.504 e. The Morgan fingerprint density at radius 2 is 1.02 bits per heavy atom. The number of benzene rings is 4. The molecule has 18 nitrogen and oxygen atoms in total. The maximum Gasteiger partial charge on any atom is 0.499 e. The van der Waals surface area contributed by atoms with Crippen molar-refractivity contribution in [3.8, 4) is 46.0 Å². The maximum atomic E-state index is 12.7. The van der Waals surface area contributed by atoms with Crippen molar-refractivity contribution in [3.05, 3.63) is 144 Å². The first-order valence-electron chi connectivity index (χ1n) is 20.5. The number of rotatable bonds is 18. The molecule has 65 heavy (non-hydrogen) atoms. The summed E-state index contributed by atoms with van der Waals surface area (Å²) in [6, 6.07) is 17.8. The van der Waals surface area contributed by atoms with Gasteiger partial charge in [0.1, 0.15) is 24.6 Å². The molecule has 2 aliphatic rings. The van der Waals surface area contributed by atoms with Crippen LogP contribution in [-0.4, -0.2) is 112 Å². The number of aromatic nitrogens is 4. The Bertz CT molecular complexity index is 2640. The zero-order valence-corrected chi connectivity index (χ0v) is 36.6. The fourth-order valence-electron chi connectivity index (χ4n) is 7.20. The smallest absolute Gasteiger partial charge is 0.499 e. The molecule has 340 valence electrons. The highest BCUT2D eigenvalue weighted by atomic mass is 32.3. The van der Waals surface area contributed by atoms with E-state index in [2.05, 4.69) is 19.8 Å². The van der Waals surface area contributed by atoms with Crippen LogP contribution in [0.4, 0.5) is 0 Å². The molecule has 4 N–H and O–H groups in total. The number of phenolic OH excluding ortho intramolecular Hbond substituents is 4. The van der Waals surface area contributed by atoms with Gasteiger partial charge in [-0.15, -0.1) is 8.42 Å². The van der Waals surface area contributed by atoms with Gasteiger partial charge in [0, 0.05) is 38.3 Å². The van der Waals surface area contributed by atoms with Gasteiger partial charge in [-0.3, -0.25) is 0 Å². The van der Waals surface area contributed by atoms with E-state index < -0.39 is 35.1 Å². The first kappa shape index (κ1) is 44.3. The molecule has 4 atom stereocenters. The summed E-state index contributed by atoms with van der Waals surface area (Å²) in [5.41, 5.74) is 3.97. The summed E-state index contributed by atoms with van der Waals surface area (Å²) in [6.07, 6.45) is 11.5. The number of fused-ring (bicyclic) bond motifs is 2. The summed E-state index contributed by atoms with van der Waals surface area (Å²) < 4.78 is 63.9. The first-order valence-corrected chi connectivity index (χ1v) is 21.8. The number of phenols is 4. The molecule has 0 bridgehead atoms. The summed E-state index contributed by atoms with van der Waals surface area (Å²) in [7, 11) is 3.40. The van der Waals surface area contributed by atoms with Crippen molar-refractivity contribution >= 4 is 22.6 Å². The fraction of sp³-hybridized carbons (Fsp3) is 0.261. The Kier molecular flexibility index (Phi) is 12.8. The first-order chi connectivity index (χ1) is 31.2. The van der Waals surface area contributed by atoms with E-state index >= 15 is 0 Å². The highest BCUT2D eigenvalue weighted by molar-refractivity contribution is 7.82. The monoisotopic (exact) mass is 908 g/mol. The van der Waals surface area contributed by atoms with Gasteiger partial charge in [-0.2, -0.15) is 0 Å². The molecule has 0 aliphatic carbocycles. The molecule has 2 aromatic heterocycles. The van der Waals surface area contributed by atoms with E-state index in [1.165, 1.54) is 36.4 Å². The van der Waals surface area contributed by atoms with Crippen molar-refractivity contribution in [1.29, 1.82) is 0 Å². The van der Waals surface area contributed by atoms with E-state index in [9.17, 15) is 28.8 Å². The number of hydrogen-bond donors (Lipinski definition) is 4. The van der Waals surface area contributed by atoms with Gasteiger partial charge in [-0.1, -0.05) is 24.3 Å². The number of likely N-dealkylation sites (N-methyl/N-ethyl adjacent to an activating group) is 2. The summed E-state index contributed by atoms with van der Waals surface area (Å²) >= 11 is 0. The van der Waals surface area contributed by atoms with Crippen LogP contribution in [0, 0.1) is 0 Å². The van der Waals surface area contributed by atoms with Crippen molar-refractivity contribution in [2.45, 2.75) is 37.5 Å². The lowest BCUT2D eigenvalue weighted by molar-refractivity contribution is 0.0145. The van der Waals surface area contributed by atoms with E-state index in [1.807, 2.05) is 49.7 Å². The molecular weight excluding hydrogens is 861 g/mol. The molecule has 0 amide bonds. The fourth-order valence-corrected chi connectivity index (χ4v) is 7.63. The van der Waals surface area contributed by atoms with Gasteiger partial charge in [0.05, 0.1) is 24.0 Å². The van der Waals surface area contributed by atoms with Gasteiger partial charge in [-0.25, -0.2) is 9.97 Å². The van der Waals surface area contributed by atoms with Crippen molar-refractivity contribution in [2.75, 3.05) is 41.3 Å². The van der Waals surface area contributed by atoms with Crippen LogP contribution < -0.4 is 18.9 Å². The summed E-state index contributed by atoms with van der Waals surface area (Å²) in [5.74, 6) is 0.534. The highest BCUT2D eigenvalue weighted by Gasteiger charge is 2.37. The van der Waals surface area contributed by atoms with Gasteiger partial charge in [0.25, 0.3) is 12.6 Å². The van der Waals surface area contributed by atoms with Gasteiger partial charge >= 0.3 is 10.4 Å². The number of nitrogens with zero attached hydrogens (tertiary/aromatic N) is 6. The third-order valence-electron chi connectivity index (χ3n) is 10.6. The molecule has 0 saturated carbocycles. The second kappa shape index (κ2) is 18.8. The molecule has 4 unspecified atom stereocenters. The van der Waals surface area contributed by atoms with Crippen LogP contribution in [0.25, 0.3) is 12.2 Å². The molecule has 0 fully saturated rings. The predicted molar refractivity (Wildman–Crippen MR) is 237 cm³/mol. The van der Waals surface area contributed by atoms with Crippen LogP contribution in [0.15, 0.2) is 110 Å². The van der Waals surface area contributed by atoms with Crippen molar-refractivity contribution < 1.29 is 56.2 Å². The Labute approximate surface area is 375 Å². The molecule has 6 aromatic rings. The zero-order valence-electron chi connectivity index (χ0n) is 35.8. The third kappa shape index (κ3) is 10.5. The Hall–Kier alpha value is -7.35. The minimum absolute atomic E-state index is 0.263.